The van der Waals surface area contributed by atoms with Gasteiger partial charge in [-0.05, 0) is 35.7 Å². The van der Waals surface area contributed by atoms with Crippen molar-refractivity contribution in [2.75, 3.05) is 6.54 Å². The lowest BCUT2D eigenvalue weighted by molar-refractivity contribution is -0.143. The number of amides is 4. The first-order valence-corrected chi connectivity index (χ1v) is 12.0. The summed E-state index contributed by atoms with van der Waals surface area (Å²) in [4.78, 5) is 63.8. The van der Waals surface area contributed by atoms with E-state index in [9.17, 15) is 34.2 Å². The van der Waals surface area contributed by atoms with Gasteiger partial charge in [-0.25, -0.2) is 4.79 Å². The number of aromatic amines is 1. The van der Waals surface area contributed by atoms with Crippen LogP contribution in [0.5, 0.6) is 5.75 Å². The summed E-state index contributed by atoms with van der Waals surface area (Å²) in [7, 11) is 0. The number of phenols is 1. The quantitative estimate of drug-likeness (QED) is 0.135. The van der Waals surface area contributed by atoms with Crippen molar-refractivity contribution in [3.8, 4) is 5.75 Å². The van der Waals surface area contributed by atoms with Crippen LogP contribution < -0.4 is 27.4 Å². The van der Waals surface area contributed by atoms with Gasteiger partial charge in [0.15, 0.2) is 0 Å². The summed E-state index contributed by atoms with van der Waals surface area (Å²) >= 11 is 0. The second kappa shape index (κ2) is 13.1. The number of aliphatic carboxylic acids is 1. The van der Waals surface area contributed by atoms with Crippen LogP contribution in [0.1, 0.15) is 17.5 Å². The summed E-state index contributed by atoms with van der Waals surface area (Å²) in [6.07, 6.45) is 1.26. The minimum atomic E-state index is -1.60. The lowest BCUT2D eigenvalue weighted by Gasteiger charge is -2.21. The van der Waals surface area contributed by atoms with Crippen molar-refractivity contribution in [2.24, 2.45) is 11.5 Å². The summed E-state index contributed by atoms with van der Waals surface area (Å²) in [6.45, 7) is -0.497. The third-order valence-corrected chi connectivity index (χ3v) is 5.92. The molecule has 10 N–H and O–H groups in total. The number of para-hydroxylation sites is 1. The maximum absolute atomic E-state index is 12.9. The Morgan fingerprint density at radius 3 is 2.26 bits per heavy atom. The van der Waals surface area contributed by atoms with Crippen LogP contribution in [-0.2, 0) is 36.8 Å². The minimum Gasteiger partial charge on any atom is -0.508 e. The number of H-pyrrole nitrogens is 1. The summed E-state index contributed by atoms with van der Waals surface area (Å²) < 4.78 is 0. The van der Waals surface area contributed by atoms with Gasteiger partial charge in [0, 0.05) is 23.5 Å². The highest BCUT2D eigenvalue weighted by molar-refractivity contribution is 5.94. The lowest BCUT2D eigenvalue weighted by Crippen LogP contribution is -2.55. The first-order chi connectivity index (χ1) is 18.5. The van der Waals surface area contributed by atoms with Crippen LogP contribution in [0.2, 0.25) is 0 Å². The van der Waals surface area contributed by atoms with Crippen LogP contribution in [0.25, 0.3) is 10.9 Å². The average Bonchev–Trinajstić information content (AvgIpc) is 3.30. The molecule has 0 bridgehead atoms. The van der Waals surface area contributed by atoms with Crippen LogP contribution >= 0.6 is 0 Å². The fraction of sp³-hybridized carbons (Fsp3) is 0.269. The second-order valence-electron chi connectivity index (χ2n) is 8.95. The number of phenolic OH excluding ortho intramolecular Hbond substituents is 1. The lowest BCUT2D eigenvalue weighted by atomic mass is 10.0. The summed E-state index contributed by atoms with van der Waals surface area (Å²) in [5, 5.41) is 26.8. The van der Waals surface area contributed by atoms with Crippen molar-refractivity contribution in [2.45, 2.75) is 37.4 Å². The van der Waals surface area contributed by atoms with E-state index < -0.39 is 60.7 Å². The molecule has 3 aromatic rings. The van der Waals surface area contributed by atoms with Gasteiger partial charge in [-0.2, -0.15) is 0 Å². The summed E-state index contributed by atoms with van der Waals surface area (Å²) in [5.74, 6) is -4.62. The molecule has 39 heavy (non-hydrogen) atoms. The van der Waals surface area contributed by atoms with E-state index in [1.165, 1.54) is 24.3 Å². The maximum Gasteiger partial charge on any atom is 0.326 e. The number of hydrogen-bond acceptors (Lipinski definition) is 7. The number of nitrogens with one attached hydrogen (secondary N) is 4. The van der Waals surface area contributed by atoms with Gasteiger partial charge in [0.1, 0.15) is 17.8 Å². The Bertz CT molecular complexity index is 1350. The third kappa shape index (κ3) is 8.30. The van der Waals surface area contributed by atoms with Gasteiger partial charge in [-0.3, -0.25) is 19.2 Å². The zero-order chi connectivity index (χ0) is 28.5. The SMILES string of the molecule is NC(=O)CC(NC(=O)C(Cc1ccc(O)cc1)NC(=O)CNC(=O)C(N)Cc1c[nH]c2ccccc12)C(=O)O. The largest absolute Gasteiger partial charge is 0.508 e. The normalized spacial score (nSPS) is 13.2. The van der Waals surface area contributed by atoms with Crippen molar-refractivity contribution in [3.05, 3.63) is 65.9 Å². The third-order valence-electron chi connectivity index (χ3n) is 5.92. The second-order valence-corrected chi connectivity index (χ2v) is 8.95. The molecule has 0 saturated heterocycles. The molecular formula is C26H30N6O7. The molecule has 0 aliphatic carbocycles. The predicted octanol–water partition coefficient (Wildman–Crippen LogP) is -0.968. The molecule has 0 radical (unpaired) electrons. The van der Waals surface area contributed by atoms with Crippen molar-refractivity contribution >= 4 is 40.5 Å². The van der Waals surface area contributed by atoms with E-state index >= 15 is 0 Å². The Morgan fingerprint density at radius 2 is 1.59 bits per heavy atom. The van der Waals surface area contributed by atoms with Gasteiger partial charge >= 0.3 is 5.97 Å². The minimum absolute atomic E-state index is 0.0112. The molecule has 13 nitrogen and oxygen atoms in total. The zero-order valence-corrected chi connectivity index (χ0v) is 20.8. The van der Waals surface area contributed by atoms with Crippen LogP contribution in [0.15, 0.2) is 54.7 Å². The molecule has 206 valence electrons. The number of hydrogen-bond donors (Lipinski definition) is 8. The molecule has 0 aliphatic rings. The Kier molecular flexibility index (Phi) is 9.59. The number of nitrogens with two attached hydrogens (primary N) is 2. The molecule has 0 spiro atoms. The van der Waals surface area contributed by atoms with Crippen molar-refractivity contribution in [1.29, 1.82) is 0 Å². The first kappa shape index (κ1) is 28.7. The number of fused-ring (bicyclic) bond motifs is 1. The number of carboxylic acids is 1. The predicted molar refractivity (Wildman–Crippen MR) is 140 cm³/mol. The van der Waals surface area contributed by atoms with Gasteiger partial charge in [-0.1, -0.05) is 30.3 Å². The molecule has 13 heteroatoms. The Morgan fingerprint density at radius 1 is 0.897 bits per heavy atom. The van der Waals surface area contributed by atoms with Crippen molar-refractivity contribution < 1.29 is 34.2 Å². The molecule has 3 atom stereocenters. The molecule has 1 aromatic heterocycles. The van der Waals surface area contributed by atoms with Gasteiger partial charge in [0.2, 0.25) is 23.6 Å². The molecule has 4 amide bonds. The highest BCUT2D eigenvalue weighted by atomic mass is 16.4. The standard InChI is InChI=1S/C26H30N6O7/c27-18(10-15-12-29-19-4-2-1-3-17(15)19)24(36)30-13-23(35)31-20(9-14-5-7-16(33)8-6-14)25(37)32-21(26(38)39)11-22(28)34/h1-8,12,18,20-21,29,33H,9-11,13,27H2,(H2,28,34)(H,30,36)(H,31,35)(H,32,37)(H,38,39). The molecule has 0 fully saturated rings. The Labute approximate surface area is 222 Å². The van der Waals surface area contributed by atoms with Gasteiger partial charge in [0.25, 0.3) is 0 Å². The van der Waals surface area contributed by atoms with Gasteiger partial charge in [0.05, 0.1) is 19.0 Å². The zero-order valence-electron chi connectivity index (χ0n) is 20.8. The van der Waals surface area contributed by atoms with Crippen LogP contribution in [-0.4, -0.2) is 69.5 Å². The number of carbonyl (C=O) groups excluding carboxylic acids is 4. The van der Waals surface area contributed by atoms with E-state index in [1.807, 2.05) is 24.3 Å². The number of aromatic hydroxyl groups is 1. The van der Waals surface area contributed by atoms with Crippen LogP contribution in [0.4, 0.5) is 0 Å². The van der Waals surface area contributed by atoms with Crippen LogP contribution in [0.3, 0.4) is 0 Å². The van der Waals surface area contributed by atoms with Crippen molar-refractivity contribution in [1.82, 2.24) is 20.9 Å². The molecule has 2 aromatic carbocycles. The fourth-order valence-corrected chi connectivity index (χ4v) is 3.92. The topological polar surface area (TPSA) is 230 Å². The van der Waals surface area contributed by atoms with E-state index in [0.717, 1.165) is 16.5 Å². The number of aromatic nitrogens is 1. The number of primary amides is 1. The fourth-order valence-electron chi connectivity index (χ4n) is 3.92. The molecule has 3 rings (SSSR count). The number of carbonyl (C=O) groups is 5. The van der Waals surface area contributed by atoms with E-state index in [0.29, 0.717) is 5.56 Å². The number of carboxylic acid groups (broad SMARTS) is 1. The number of rotatable bonds is 13. The van der Waals surface area contributed by atoms with Gasteiger partial charge < -0.3 is 42.6 Å². The molecule has 0 aliphatic heterocycles. The van der Waals surface area contributed by atoms with E-state index in [4.69, 9.17) is 11.5 Å². The van der Waals surface area contributed by atoms with Crippen molar-refractivity contribution in [3.63, 3.8) is 0 Å². The first-order valence-electron chi connectivity index (χ1n) is 12.0. The highest BCUT2D eigenvalue weighted by Gasteiger charge is 2.28. The molecule has 1 heterocycles. The van der Waals surface area contributed by atoms with E-state index in [1.54, 1.807) is 6.20 Å². The number of benzene rings is 2. The summed E-state index contributed by atoms with van der Waals surface area (Å²) in [6, 6.07) is 9.53. The molecule has 0 saturated carbocycles. The smallest absolute Gasteiger partial charge is 0.326 e. The molecular weight excluding hydrogens is 508 g/mol. The Balaban J connectivity index is 1.62. The summed E-state index contributed by atoms with van der Waals surface area (Å²) in [5.41, 5.74) is 13.4. The molecule has 3 unspecified atom stereocenters. The van der Waals surface area contributed by atoms with Gasteiger partial charge in [-0.15, -0.1) is 0 Å². The van der Waals surface area contributed by atoms with E-state index in [-0.39, 0.29) is 18.6 Å². The Hall–Kier alpha value is -4.91. The van der Waals surface area contributed by atoms with E-state index in [2.05, 4.69) is 20.9 Å². The monoisotopic (exact) mass is 538 g/mol. The van der Waals surface area contributed by atoms with Crippen LogP contribution in [0, 0.1) is 0 Å². The maximum atomic E-state index is 12.9. The highest BCUT2D eigenvalue weighted by Crippen LogP contribution is 2.18. The average molecular weight is 539 g/mol.